The van der Waals surface area contributed by atoms with Crippen LogP contribution in [0.4, 0.5) is 0 Å². The van der Waals surface area contributed by atoms with Gasteiger partial charge in [-0.05, 0) is 41.9 Å². The molecule has 0 amide bonds. The number of imidazole rings is 1. The molecule has 4 nitrogen and oxygen atoms in total. The molecule has 1 N–H and O–H groups in total. The molecule has 1 unspecified atom stereocenters. The summed E-state index contributed by atoms with van der Waals surface area (Å²) in [6, 6.07) is 2.13. The van der Waals surface area contributed by atoms with E-state index in [2.05, 4.69) is 36.9 Å². The number of likely N-dealkylation sites (tertiary alicyclic amines) is 1. The number of nitrogens with one attached hydrogen (secondary N) is 1. The summed E-state index contributed by atoms with van der Waals surface area (Å²) < 4.78 is 0.746. The van der Waals surface area contributed by atoms with E-state index in [4.69, 9.17) is 5.26 Å². The van der Waals surface area contributed by atoms with Gasteiger partial charge in [-0.15, -0.1) is 0 Å². The standard InChI is InChI=1S/C9H11BrN4/c10-9-8(12-6-13-9)7(5-11)14-3-1-2-4-14/h6-7H,1-4H2,(H,12,13). The van der Waals surface area contributed by atoms with E-state index in [0.29, 0.717) is 0 Å². The van der Waals surface area contributed by atoms with Crippen LogP contribution >= 0.6 is 15.9 Å². The van der Waals surface area contributed by atoms with Crippen LogP contribution in [0.25, 0.3) is 0 Å². The van der Waals surface area contributed by atoms with E-state index in [-0.39, 0.29) is 6.04 Å². The van der Waals surface area contributed by atoms with Crippen LogP contribution in [-0.2, 0) is 0 Å². The van der Waals surface area contributed by atoms with E-state index in [0.717, 1.165) is 23.4 Å². The Hall–Kier alpha value is -0.860. The minimum absolute atomic E-state index is 0.186. The van der Waals surface area contributed by atoms with E-state index in [9.17, 15) is 0 Å². The van der Waals surface area contributed by atoms with Crippen LogP contribution in [0.1, 0.15) is 24.6 Å². The smallest absolute Gasteiger partial charge is 0.141 e. The third-order valence-electron chi connectivity index (χ3n) is 2.52. The first kappa shape index (κ1) is 9.69. The summed E-state index contributed by atoms with van der Waals surface area (Å²) in [5, 5.41) is 9.12. The van der Waals surface area contributed by atoms with Gasteiger partial charge in [-0.25, -0.2) is 4.98 Å². The Bertz CT molecular complexity index is 348. The van der Waals surface area contributed by atoms with Gasteiger partial charge in [-0.3, -0.25) is 4.90 Å². The third kappa shape index (κ3) is 1.68. The van der Waals surface area contributed by atoms with Gasteiger partial charge in [0, 0.05) is 0 Å². The molecule has 0 bridgehead atoms. The summed E-state index contributed by atoms with van der Waals surface area (Å²) in [5.74, 6) is 0. The molecule has 1 atom stereocenters. The summed E-state index contributed by atoms with van der Waals surface area (Å²) in [5.41, 5.74) is 0.870. The van der Waals surface area contributed by atoms with Crippen molar-refractivity contribution in [3.63, 3.8) is 0 Å². The maximum Gasteiger partial charge on any atom is 0.141 e. The predicted molar refractivity (Wildman–Crippen MR) is 55.4 cm³/mol. The van der Waals surface area contributed by atoms with Crippen molar-refractivity contribution in [1.82, 2.24) is 14.9 Å². The van der Waals surface area contributed by atoms with Crippen molar-refractivity contribution >= 4 is 15.9 Å². The highest BCUT2D eigenvalue weighted by molar-refractivity contribution is 9.10. The number of H-pyrrole nitrogens is 1. The Morgan fingerprint density at radius 2 is 2.29 bits per heavy atom. The number of hydrogen-bond donors (Lipinski definition) is 1. The first-order valence-corrected chi connectivity index (χ1v) is 5.44. The van der Waals surface area contributed by atoms with Crippen LogP contribution in [-0.4, -0.2) is 28.0 Å². The topological polar surface area (TPSA) is 55.7 Å². The van der Waals surface area contributed by atoms with Crippen molar-refractivity contribution < 1.29 is 0 Å². The van der Waals surface area contributed by atoms with Crippen molar-refractivity contribution in [2.45, 2.75) is 18.9 Å². The highest BCUT2D eigenvalue weighted by Crippen LogP contribution is 2.27. The van der Waals surface area contributed by atoms with Crippen LogP contribution < -0.4 is 0 Å². The number of nitrogens with zero attached hydrogens (tertiary/aromatic N) is 3. The zero-order valence-electron chi connectivity index (χ0n) is 7.70. The SMILES string of the molecule is N#CC(c1[nH]cnc1Br)N1CCCC1. The van der Waals surface area contributed by atoms with Gasteiger partial charge in [0.05, 0.1) is 18.1 Å². The maximum atomic E-state index is 9.12. The van der Waals surface area contributed by atoms with E-state index < -0.39 is 0 Å². The second-order valence-corrected chi connectivity index (χ2v) is 4.13. The van der Waals surface area contributed by atoms with Gasteiger partial charge in [0.25, 0.3) is 0 Å². The van der Waals surface area contributed by atoms with Crippen molar-refractivity contribution in [3.05, 3.63) is 16.6 Å². The predicted octanol–water partition coefficient (Wildman–Crippen LogP) is 1.83. The quantitative estimate of drug-likeness (QED) is 0.877. The Morgan fingerprint density at radius 3 is 2.79 bits per heavy atom. The number of aromatic amines is 1. The van der Waals surface area contributed by atoms with Gasteiger partial charge in [-0.1, -0.05) is 0 Å². The second kappa shape index (κ2) is 4.11. The summed E-state index contributed by atoms with van der Waals surface area (Å²) in [6.45, 7) is 2.01. The molecule has 0 saturated carbocycles. The molecule has 1 fully saturated rings. The Morgan fingerprint density at radius 1 is 1.57 bits per heavy atom. The van der Waals surface area contributed by atoms with E-state index in [1.54, 1.807) is 6.33 Å². The summed E-state index contributed by atoms with van der Waals surface area (Å²) in [7, 11) is 0. The van der Waals surface area contributed by atoms with E-state index >= 15 is 0 Å². The molecule has 1 saturated heterocycles. The van der Waals surface area contributed by atoms with E-state index in [1.165, 1.54) is 12.8 Å². The van der Waals surface area contributed by atoms with Crippen molar-refractivity contribution in [3.8, 4) is 6.07 Å². The lowest BCUT2D eigenvalue weighted by molar-refractivity contribution is 0.289. The van der Waals surface area contributed by atoms with Gasteiger partial charge in [0.15, 0.2) is 0 Å². The monoisotopic (exact) mass is 254 g/mol. The first-order valence-electron chi connectivity index (χ1n) is 4.65. The van der Waals surface area contributed by atoms with Crippen molar-refractivity contribution in [1.29, 1.82) is 5.26 Å². The van der Waals surface area contributed by atoms with E-state index in [1.807, 2.05) is 0 Å². The number of halogens is 1. The van der Waals surface area contributed by atoms with Gasteiger partial charge in [-0.2, -0.15) is 5.26 Å². The summed E-state index contributed by atoms with van der Waals surface area (Å²) in [4.78, 5) is 9.23. The van der Waals surface area contributed by atoms with Crippen LogP contribution in [0.5, 0.6) is 0 Å². The molecular weight excluding hydrogens is 244 g/mol. The molecule has 14 heavy (non-hydrogen) atoms. The molecule has 1 aliphatic heterocycles. The van der Waals surface area contributed by atoms with Gasteiger partial charge >= 0.3 is 0 Å². The van der Waals surface area contributed by atoms with Gasteiger partial charge in [0.2, 0.25) is 0 Å². The molecule has 2 heterocycles. The highest BCUT2D eigenvalue weighted by Gasteiger charge is 2.25. The molecule has 5 heteroatoms. The second-order valence-electron chi connectivity index (χ2n) is 3.38. The Labute approximate surface area is 91.1 Å². The number of nitriles is 1. The lowest BCUT2D eigenvalue weighted by Crippen LogP contribution is -2.24. The van der Waals surface area contributed by atoms with Gasteiger partial charge < -0.3 is 4.98 Å². The minimum Gasteiger partial charge on any atom is -0.345 e. The van der Waals surface area contributed by atoms with Crippen molar-refractivity contribution in [2.75, 3.05) is 13.1 Å². The average Bonchev–Trinajstić information content (AvgIpc) is 2.80. The normalized spacial score (nSPS) is 19.4. The molecular formula is C9H11BrN4. The number of rotatable bonds is 2. The Balaban J connectivity index is 2.22. The summed E-state index contributed by atoms with van der Waals surface area (Å²) in [6.07, 6.45) is 3.98. The third-order valence-corrected chi connectivity index (χ3v) is 3.15. The number of hydrogen-bond acceptors (Lipinski definition) is 3. The molecule has 2 rings (SSSR count). The lowest BCUT2D eigenvalue weighted by atomic mass is 10.2. The fourth-order valence-electron chi connectivity index (χ4n) is 1.81. The number of aromatic nitrogens is 2. The average molecular weight is 255 g/mol. The minimum atomic E-state index is -0.186. The van der Waals surface area contributed by atoms with Crippen LogP contribution in [0.15, 0.2) is 10.9 Å². The summed E-state index contributed by atoms with van der Waals surface area (Å²) >= 11 is 3.33. The van der Waals surface area contributed by atoms with Crippen LogP contribution in [0, 0.1) is 11.3 Å². The molecule has 74 valence electrons. The fraction of sp³-hybridized carbons (Fsp3) is 0.556. The Kier molecular flexibility index (Phi) is 2.85. The molecule has 0 aromatic carbocycles. The van der Waals surface area contributed by atoms with Crippen LogP contribution in [0.3, 0.4) is 0 Å². The molecule has 1 aromatic rings. The van der Waals surface area contributed by atoms with Crippen molar-refractivity contribution in [2.24, 2.45) is 0 Å². The maximum absolute atomic E-state index is 9.12. The van der Waals surface area contributed by atoms with Gasteiger partial charge in [0.1, 0.15) is 10.6 Å². The lowest BCUT2D eigenvalue weighted by Gasteiger charge is -2.19. The highest BCUT2D eigenvalue weighted by atomic mass is 79.9. The first-order chi connectivity index (χ1) is 6.83. The van der Waals surface area contributed by atoms with Crippen LogP contribution in [0.2, 0.25) is 0 Å². The largest absolute Gasteiger partial charge is 0.345 e. The molecule has 0 aliphatic carbocycles. The zero-order chi connectivity index (χ0) is 9.97. The fourth-order valence-corrected chi connectivity index (χ4v) is 2.24. The molecule has 0 radical (unpaired) electrons. The zero-order valence-corrected chi connectivity index (χ0v) is 9.29. The molecule has 0 spiro atoms. The molecule has 1 aliphatic rings. The molecule has 1 aromatic heterocycles.